The Morgan fingerprint density at radius 3 is 1.94 bits per heavy atom. The van der Waals surface area contributed by atoms with Crippen LogP contribution in [0.5, 0.6) is 11.5 Å². The van der Waals surface area contributed by atoms with Crippen molar-refractivity contribution in [2.24, 2.45) is 10.7 Å². The third kappa shape index (κ3) is 9.58. The number of carbonyl (C=O) groups excluding carboxylic acids is 1. The number of aromatic nitrogens is 2. The van der Waals surface area contributed by atoms with Crippen LogP contribution in [0.15, 0.2) is 61.9 Å². The molecule has 286 valence electrons. The van der Waals surface area contributed by atoms with Gasteiger partial charge < -0.3 is 30.5 Å². The number of hydrogen-bond donors (Lipinski definition) is 4. The summed E-state index contributed by atoms with van der Waals surface area (Å²) in [5.41, 5.74) is 4.99. The molecule has 0 saturated heterocycles. The standard InChI is InChI=1S/C18H19F5N4O3S.C9H11N3O2.C2HF3O2/c1-3-30-16-5-4-13-9-26(18(24)27(13)17(16)29)10-15(28)11-6-12(25-2)8-14(7-11)31(19,20,21,22)23;1-2-14-7-4-3-6-5-11-9(10)12(6)8(7)13;3-2(4,5)1(6)7/h4-8,24-25H,3,9-10H2,1-2H3;3-4H,2,5H2,1H3,(H2,10,11);(H,6,7). The van der Waals surface area contributed by atoms with Crippen molar-refractivity contribution in [2.45, 2.75) is 38.0 Å². The van der Waals surface area contributed by atoms with Crippen LogP contribution in [0.1, 0.15) is 35.6 Å². The Bertz CT molecular complexity index is 2050. The Balaban J connectivity index is 0.000000283. The van der Waals surface area contributed by atoms with Gasteiger partial charge in [-0.2, -0.15) is 13.2 Å². The number of rotatable bonds is 9. The number of nitrogens with zero attached hydrogens (tertiary/aromatic N) is 4. The Morgan fingerprint density at radius 1 is 0.942 bits per heavy atom. The van der Waals surface area contributed by atoms with Crippen molar-refractivity contribution in [3.63, 3.8) is 0 Å². The van der Waals surface area contributed by atoms with E-state index in [2.05, 4.69) is 10.3 Å². The second-order valence-corrected chi connectivity index (χ2v) is 13.0. The first-order valence-electron chi connectivity index (χ1n) is 14.6. The number of benzene rings is 1. The molecule has 0 spiro atoms. The number of carbonyl (C=O) groups is 2. The number of fused-ring (bicyclic) bond motifs is 2. The summed E-state index contributed by atoms with van der Waals surface area (Å²) >= 11 is 0. The van der Waals surface area contributed by atoms with Crippen LogP contribution in [0.25, 0.3) is 0 Å². The van der Waals surface area contributed by atoms with Crippen molar-refractivity contribution in [3.05, 3.63) is 80.1 Å². The topological polar surface area (TPSA) is 194 Å². The highest BCUT2D eigenvalue weighted by Gasteiger charge is 2.65. The van der Waals surface area contributed by atoms with Gasteiger partial charge in [-0.05, 0) is 56.3 Å². The lowest BCUT2D eigenvalue weighted by Crippen LogP contribution is -2.36. The molecule has 14 nitrogen and oxygen atoms in total. The number of ether oxygens (including phenoxy) is 2. The van der Waals surface area contributed by atoms with Gasteiger partial charge in [0.25, 0.3) is 11.1 Å². The summed E-state index contributed by atoms with van der Waals surface area (Å²) in [6, 6.07) is 7.77. The molecule has 2 aliphatic rings. The Morgan fingerprint density at radius 2 is 1.46 bits per heavy atom. The molecule has 1 aromatic carbocycles. The van der Waals surface area contributed by atoms with Gasteiger partial charge >= 0.3 is 22.4 Å². The molecule has 5 rings (SSSR count). The Labute approximate surface area is 288 Å². The quantitative estimate of drug-likeness (QED) is 0.170. The molecule has 0 fully saturated rings. The first-order valence-corrected chi connectivity index (χ1v) is 16.6. The number of Topliss-reactive ketones (excluding diaryl/α,β-unsaturated/α-hetero) is 1. The van der Waals surface area contributed by atoms with Gasteiger partial charge in [-0.15, -0.1) is 0 Å². The molecule has 3 aromatic rings. The van der Waals surface area contributed by atoms with Crippen LogP contribution in [0, 0.1) is 5.41 Å². The summed E-state index contributed by atoms with van der Waals surface area (Å²) in [5, 5.41) is 17.6. The first-order chi connectivity index (χ1) is 23.8. The predicted molar refractivity (Wildman–Crippen MR) is 173 cm³/mol. The zero-order valence-corrected chi connectivity index (χ0v) is 28.1. The molecule has 2 aliphatic heterocycles. The van der Waals surface area contributed by atoms with Gasteiger partial charge in [0.15, 0.2) is 17.3 Å². The maximum atomic E-state index is 13.3. The van der Waals surface area contributed by atoms with E-state index in [4.69, 9.17) is 30.5 Å². The van der Waals surface area contributed by atoms with Gasteiger partial charge in [0.1, 0.15) is 4.90 Å². The van der Waals surface area contributed by atoms with E-state index in [0.717, 1.165) is 21.2 Å². The average molecular weight is 774 g/mol. The predicted octanol–water partition coefficient (Wildman–Crippen LogP) is 4.98. The van der Waals surface area contributed by atoms with Gasteiger partial charge in [-0.3, -0.25) is 19.8 Å². The fourth-order valence-electron chi connectivity index (χ4n) is 4.54. The number of nitrogens with two attached hydrogens (primary N) is 1. The normalized spacial score (nSPS) is 14.6. The van der Waals surface area contributed by atoms with E-state index in [9.17, 15) is 47.0 Å². The number of pyridine rings is 2. The van der Waals surface area contributed by atoms with E-state index in [1.165, 1.54) is 23.7 Å². The summed E-state index contributed by atoms with van der Waals surface area (Å²) in [7, 11) is -8.79. The van der Waals surface area contributed by atoms with Crippen molar-refractivity contribution in [3.8, 4) is 11.5 Å². The van der Waals surface area contributed by atoms with Crippen LogP contribution in [0.3, 0.4) is 0 Å². The molecular formula is C29H31F8N7O7S. The number of nitrogens with one attached hydrogen (secondary N) is 2. The Hall–Kier alpha value is -5.61. The number of carboxylic acids is 1. The highest BCUT2D eigenvalue weighted by atomic mass is 32.5. The third-order valence-corrected chi connectivity index (χ3v) is 8.02. The lowest BCUT2D eigenvalue weighted by Gasteiger charge is -2.40. The van der Waals surface area contributed by atoms with Crippen molar-refractivity contribution in [1.29, 1.82) is 5.41 Å². The highest BCUT2D eigenvalue weighted by molar-refractivity contribution is 8.45. The maximum absolute atomic E-state index is 13.3. The lowest BCUT2D eigenvalue weighted by molar-refractivity contribution is -0.192. The third-order valence-electron chi connectivity index (χ3n) is 6.89. The molecule has 0 bridgehead atoms. The molecule has 0 aliphatic carbocycles. The smallest absolute Gasteiger partial charge is 0.488 e. The van der Waals surface area contributed by atoms with Gasteiger partial charge in [-0.1, -0.05) is 19.4 Å². The molecule has 0 radical (unpaired) electrons. The maximum Gasteiger partial charge on any atom is 0.490 e. The van der Waals surface area contributed by atoms with Crippen molar-refractivity contribution in [2.75, 3.05) is 32.1 Å². The average Bonchev–Trinajstić information content (AvgIpc) is 3.58. The molecule has 4 heterocycles. The zero-order chi connectivity index (χ0) is 39.5. The van der Waals surface area contributed by atoms with Gasteiger partial charge in [0, 0.05) is 24.0 Å². The number of aliphatic carboxylic acids is 1. The van der Waals surface area contributed by atoms with E-state index in [-0.39, 0.29) is 54.2 Å². The van der Waals surface area contributed by atoms with Crippen LogP contribution in [0.4, 0.5) is 38.3 Å². The summed E-state index contributed by atoms with van der Waals surface area (Å²) in [4.78, 5) is 48.6. The van der Waals surface area contributed by atoms with Crippen molar-refractivity contribution >= 4 is 39.6 Å². The number of anilines is 1. The second kappa shape index (κ2) is 14.2. The number of aliphatic imine (C=N–C) groups is 1. The molecule has 0 unspecified atom stereocenters. The molecule has 52 heavy (non-hydrogen) atoms. The minimum absolute atomic E-state index is 0.00594. The molecule has 0 saturated carbocycles. The fraction of sp³-hybridized carbons (Fsp3) is 0.310. The van der Waals surface area contributed by atoms with Gasteiger partial charge in [0.2, 0.25) is 11.9 Å². The van der Waals surface area contributed by atoms with Crippen LogP contribution in [0.2, 0.25) is 0 Å². The molecule has 5 N–H and O–H groups in total. The minimum Gasteiger partial charge on any atom is -0.488 e. The summed E-state index contributed by atoms with van der Waals surface area (Å²) in [6.07, 6.45) is -5.08. The number of carboxylic acid groups (broad SMARTS) is 1. The van der Waals surface area contributed by atoms with Crippen LogP contribution in [-0.4, -0.2) is 75.8 Å². The van der Waals surface area contributed by atoms with Gasteiger partial charge in [-0.25, -0.2) is 18.9 Å². The SMILES string of the molecule is CCOc1ccc2n(c1=O)C(=N)N(CC(=O)c1cc(NC)cc(S(F)(F)(F)(F)F)c1)C2.CCOc1ccc2n(c1=O)C(N)=NC2.O=C(O)C(F)(F)F. The van der Waals surface area contributed by atoms with Gasteiger partial charge in [0.05, 0.1) is 38.5 Å². The molecular weight excluding hydrogens is 742 g/mol. The monoisotopic (exact) mass is 773 g/mol. The zero-order valence-electron chi connectivity index (χ0n) is 27.3. The lowest BCUT2D eigenvalue weighted by atomic mass is 10.1. The van der Waals surface area contributed by atoms with Crippen molar-refractivity contribution < 1.29 is 56.8 Å². The number of alkyl halides is 3. The molecule has 0 atom stereocenters. The molecule has 0 amide bonds. The second-order valence-electron chi connectivity index (χ2n) is 10.6. The van der Waals surface area contributed by atoms with Crippen molar-refractivity contribution in [1.82, 2.24) is 14.0 Å². The molecule has 2 aromatic heterocycles. The number of halogens is 8. The summed E-state index contributed by atoms with van der Waals surface area (Å²) in [6.45, 7) is 4.03. The van der Waals surface area contributed by atoms with Crippen LogP contribution < -0.4 is 31.6 Å². The minimum atomic E-state index is -10.0. The number of hydrogen-bond acceptors (Lipinski definition) is 10. The van der Waals surface area contributed by atoms with E-state index in [1.807, 2.05) is 6.92 Å². The van der Waals surface area contributed by atoms with E-state index in [0.29, 0.717) is 24.6 Å². The highest BCUT2D eigenvalue weighted by Crippen LogP contribution is 3.02. The largest absolute Gasteiger partial charge is 0.490 e. The first kappa shape index (κ1) is 40.8. The van der Waals surface area contributed by atoms with E-state index in [1.54, 1.807) is 19.1 Å². The Kier molecular flexibility index (Phi) is 11.1. The fourth-order valence-corrected chi connectivity index (χ4v) is 5.24. The van der Waals surface area contributed by atoms with E-state index >= 15 is 0 Å². The number of ketones is 1. The summed E-state index contributed by atoms with van der Waals surface area (Å²) in [5.74, 6) is -3.48. The molecule has 23 heteroatoms. The van der Waals surface area contributed by atoms with Crippen LogP contribution in [-0.2, 0) is 17.9 Å². The van der Waals surface area contributed by atoms with E-state index < -0.39 is 50.7 Å². The van der Waals surface area contributed by atoms with Crippen LogP contribution >= 0.6 is 10.2 Å². The summed E-state index contributed by atoms with van der Waals surface area (Å²) < 4.78 is 111.